The summed E-state index contributed by atoms with van der Waals surface area (Å²) in [5, 5.41) is 0.100. The number of hydrogen-bond donors (Lipinski definition) is 0. The molecule has 0 aliphatic carbocycles. The molecule has 1 aromatic rings. The Balaban J connectivity index is 3.09. The second-order valence-corrected chi connectivity index (χ2v) is 4.19. The Morgan fingerprint density at radius 3 is 2.55 bits per heavy atom. The van der Waals surface area contributed by atoms with E-state index in [9.17, 15) is 0 Å². The molecule has 2 heteroatoms. The third-order valence-corrected chi connectivity index (χ3v) is 2.39. The van der Waals surface area contributed by atoms with Crippen LogP contribution in [0.5, 0.6) is 0 Å². The second kappa shape index (κ2) is 3.59. The molecular weight excluding hydrogens is 223 g/mol. The molecule has 0 aliphatic rings. The predicted molar refractivity (Wildman–Crippen MR) is 53.1 cm³/mol. The summed E-state index contributed by atoms with van der Waals surface area (Å²) in [7, 11) is 0. The fourth-order valence-corrected chi connectivity index (χ4v) is 1.81. The van der Waals surface area contributed by atoms with E-state index in [0.29, 0.717) is 0 Å². The van der Waals surface area contributed by atoms with E-state index in [1.165, 1.54) is 11.1 Å². The molecule has 1 aromatic carbocycles. The Morgan fingerprint density at radius 1 is 1.45 bits per heavy atom. The summed E-state index contributed by atoms with van der Waals surface area (Å²) in [6, 6.07) is 6.15. The maximum absolute atomic E-state index is 5.95. The molecule has 0 spiro atoms. The van der Waals surface area contributed by atoms with E-state index in [4.69, 9.17) is 11.6 Å². The zero-order chi connectivity index (χ0) is 8.43. The van der Waals surface area contributed by atoms with Gasteiger partial charge in [-0.25, -0.2) is 0 Å². The molecule has 60 valence electrons. The molecular formula is C9H10BrCl. The highest BCUT2D eigenvalue weighted by atomic mass is 79.9. The van der Waals surface area contributed by atoms with Gasteiger partial charge in [-0.05, 0) is 37.1 Å². The number of alkyl halides is 1. The van der Waals surface area contributed by atoms with Crippen molar-refractivity contribution >= 4 is 27.5 Å². The summed E-state index contributed by atoms with van der Waals surface area (Å²) in [6.45, 7) is 4.05. The van der Waals surface area contributed by atoms with Crippen molar-refractivity contribution in [1.82, 2.24) is 0 Å². The quantitative estimate of drug-likeness (QED) is 0.642. The van der Waals surface area contributed by atoms with Crippen LogP contribution in [-0.4, -0.2) is 0 Å². The molecule has 0 amide bonds. The fraction of sp³-hybridized carbons (Fsp3) is 0.333. The van der Waals surface area contributed by atoms with Crippen LogP contribution >= 0.6 is 27.5 Å². The van der Waals surface area contributed by atoms with Crippen LogP contribution in [0.1, 0.15) is 23.4 Å². The molecule has 0 fully saturated rings. The lowest BCUT2D eigenvalue weighted by molar-refractivity contribution is 1.06. The number of hydrogen-bond acceptors (Lipinski definition) is 0. The van der Waals surface area contributed by atoms with Gasteiger partial charge >= 0.3 is 0 Å². The first kappa shape index (κ1) is 9.08. The molecule has 0 bridgehead atoms. The van der Waals surface area contributed by atoms with Gasteiger partial charge < -0.3 is 0 Å². The van der Waals surface area contributed by atoms with Gasteiger partial charge in [-0.15, -0.1) is 11.6 Å². The van der Waals surface area contributed by atoms with Gasteiger partial charge in [-0.2, -0.15) is 0 Å². The normalized spacial score (nSPS) is 13.1. The lowest BCUT2D eigenvalue weighted by Gasteiger charge is -2.07. The molecule has 0 saturated carbocycles. The van der Waals surface area contributed by atoms with E-state index in [-0.39, 0.29) is 5.38 Å². The van der Waals surface area contributed by atoms with Crippen LogP contribution in [0.15, 0.2) is 22.7 Å². The van der Waals surface area contributed by atoms with Crippen LogP contribution in [0, 0.1) is 6.92 Å². The van der Waals surface area contributed by atoms with Crippen molar-refractivity contribution in [3.63, 3.8) is 0 Å². The van der Waals surface area contributed by atoms with Gasteiger partial charge in [0, 0.05) is 4.47 Å². The Morgan fingerprint density at radius 2 is 2.09 bits per heavy atom. The minimum atomic E-state index is 0.100. The molecule has 0 aliphatic heterocycles. The SMILES string of the molecule is Cc1cc(Br)ccc1C(C)Cl. The zero-order valence-corrected chi connectivity index (χ0v) is 8.91. The van der Waals surface area contributed by atoms with Crippen molar-refractivity contribution in [2.75, 3.05) is 0 Å². The lowest BCUT2D eigenvalue weighted by Crippen LogP contribution is -1.88. The highest BCUT2D eigenvalue weighted by Gasteiger charge is 2.03. The van der Waals surface area contributed by atoms with Gasteiger partial charge in [-0.3, -0.25) is 0 Å². The second-order valence-electron chi connectivity index (χ2n) is 2.62. The average molecular weight is 234 g/mol. The molecule has 0 radical (unpaired) electrons. The molecule has 0 aromatic heterocycles. The van der Waals surface area contributed by atoms with E-state index in [1.807, 2.05) is 13.0 Å². The molecule has 0 nitrogen and oxygen atoms in total. The molecule has 0 heterocycles. The molecule has 1 atom stereocenters. The van der Waals surface area contributed by atoms with Crippen molar-refractivity contribution < 1.29 is 0 Å². The van der Waals surface area contributed by atoms with Gasteiger partial charge in [0.05, 0.1) is 5.38 Å². The fourth-order valence-electron chi connectivity index (χ4n) is 1.09. The summed E-state index contributed by atoms with van der Waals surface area (Å²) in [5.41, 5.74) is 2.44. The lowest BCUT2D eigenvalue weighted by atomic mass is 10.1. The number of rotatable bonds is 1. The van der Waals surface area contributed by atoms with E-state index in [0.717, 1.165) is 4.47 Å². The van der Waals surface area contributed by atoms with Gasteiger partial charge in [0.2, 0.25) is 0 Å². The Labute approximate surface area is 80.7 Å². The highest BCUT2D eigenvalue weighted by molar-refractivity contribution is 9.10. The van der Waals surface area contributed by atoms with E-state index >= 15 is 0 Å². The van der Waals surface area contributed by atoms with Crippen LogP contribution in [0.25, 0.3) is 0 Å². The number of aryl methyl sites for hydroxylation is 1. The Bertz CT molecular complexity index is 256. The van der Waals surface area contributed by atoms with Crippen molar-refractivity contribution in [3.8, 4) is 0 Å². The van der Waals surface area contributed by atoms with Crippen molar-refractivity contribution in [3.05, 3.63) is 33.8 Å². The first-order valence-corrected chi connectivity index (χ1v) is 4.74. The topological polar surface area (TPSA) is 0 Å². The predicted octanol–water partition coefficient (Wildman–Crippen LogP) is 4.06. The minimum absolute atomic E-state index is 0.100. The van der Waals surface area contributed by atoms with Crippen LogP contribution < -0.4 is 0 Å². The maximum atomic E-state index is 5.95. The molecule has 11 heavy (non-hydrogen) atoms. The number of halogens is 2. The van der Waals surface area contributed by atoms with Crippen molar-refractivity contribution in [1.29, 1.82) is 0 Å². The van der Waals surface area contributed by atoms with Gasteiger partial charge in [0.1, 0.15) is 0 Å². The summed E-state index contributed by atoms with van der Waals surface area (Å²) < 4.78 is 1.11. The Hall–Kier alpha value is -0.0100. The van der Waals surface area contributed by atoms with Crippen molar-refractivity contribution in [2.45, 2.75) is 19.2 Å². The van der Waals surface area contributed by atoms with Crippen molar-refractivity contribution in [2.24, 2.45) is 0 Å². The zero-order valence-electron chi connectivity index (χ0n) is 6.57. The standard InChI is InChI=1S/C9H10BrCl/c1-6-5-8(10)3-4-9(6)7(2)11/h3-5,7H,1-2H3. The van der Waals surface area contributed by atoms with E-state index in [2.05, 4.69) is 35.0 Å². The first-order chi connectivity index (χ1) is 5.11. The number of benzene rings is 1. The molecule has 0 N–H and O–H groups in total. The third kappa shape index (κ3) is 2.21. The monoisotopic (exact) mass is 232 g/mol. The molecule has 1 unspecified atom stereocenters. The van der Waals surface area contributed by atoms with E-state index < -0.39 is 0 Å². The maximum Gasteiger partial charge on any atom is 0.0559 e. The highest BCUT2D eigenvalue weighted by Crippen LogP contribution is 2.25. The summed E-state index contributed by atoms with van der Waals surface area (Å²) >= 11 is 9.35. The first-order valence-electron chi connectivity index (χ1n) is 3.51. The largest absolute Gasteiger partial charge is 0.118 e. The third-order valence-electron chi connectivity index (χ3n) is 1.66. The smallest absolute Gasteiger partial charge is 0.0559 e. The summed E-state index contributed by atoms with van der Waals surface area (Å²) in [5.74, 6) is 0. The van der Waals surface area contributed by atoms with Crippen LogP contribution in [0.3, 0.4) is 0 Å². The van der Waals surface area contributed by atoms with Crippen LogP contribution in [-0.2, 0) is 0 Å². The molecule has 1 rings (SSSR count). The summed E-state index contributed by atoms with van der Waals surface area (Å²) in [6.07, 6.45) is 0. The van der Waals surface area contributed by atoms with Gasteiger partial charge in [0.25, 0.3) is 0 Å². The van der Waals surface area contributed by atoms with E-state index in [1.54, 1.807) is 0 Å². The van der Waals surface area contributed by atoms with Crippen LogP contribution in [0.2, 0.25) is 0 Å². The van der Waals surface area contributed by atoms with Gasteiger partial charge in [0.15, 0.2) is 0 Å². The Kier molecular flexibility index (Phi) is 2.97. The minimum Gasteiger partial charge on any atom is -0.118 e. The van der Waals surface area contributed by atoms with Crippen LogP contribution in [0.4, 0.5) is 0 Å². The molecule has 0 saturated heterocycles. The summed E-state index contributed by atoms with van der Waals surface area (Å²) in [4.78, 5) is 0. The average Bonchev–Trinajstić information content (AvgIpc) is 1.85. The van der Waals surface area contributed by atoms with Gasteiger partial charge in [-0.1, -0.05) is 22.0 Å².